The van der Waals surface area contributed by atoms with E-state index in [9.17, 15) is 14.4 Å². The lowest BCUT2D eigenvalue weighted by Gasteiger charge is -2.13. The number of carbonyl (C=O) groups excluding carboxylic acids is 3. The molecule has 1 aromatic heterocycles. The summed E-state index contributed by atoms with van der Waals surface area (Å²) in [4.78, 5) is 37.4. The zero-order valence-electron chi connectivity index (χ0n) is 19.1. The van der Waals surface area contributed by atoms with Crippen molar-refractivity contribution in [2.45, 2.75) is 40.7 Å². The van der Waals surface area contributed by atoms with Crippen LogP contribution in [0.2, 0.25) is 0 Å². The van der Waals surface area contributed by atoms with Gasteiger partial charge in [0.1, 0.15) is 6.04 Å². The molecule has 32 heavy (non-hydrogen) atoms. The van der Waals surface area contributed by atoms with Gasteiger partial charge in [-0.2, -0.15) is 0 Å². The highest BCUT2D eigenvalue weighted by atomic mass is 16.5. The first kappa shape index (κ1) is 23.0. The Bertz CT molecular complexity index is 1160. The number of ketones is 1. The van der Waals surface area contributed by atoms with Crippen LogP contribution in [-0.2, 0) is 9.53 Å². The van der Waals surface area contributed by atoms with Crippen LogP contribution in [0.5, 0.6) is 0 Å². The molecule has 1 atom stereocenters. The van der Waals surface area contributed by atoms with Gasteiger partial charge in [0.2, 0.25) is 5.78 Å². The molecule has 1 amide bonds. The molecule has 0 fully saturated rings. The maximum atomic E-state index is 12.7. The van der Waals surface area contributed by atoms with E-state index < -0.39 is 12.0 Å². The molecule has 0 unspecified atom stereocenters. The number of aromatic nitrogens is 1. The molecule has 0 spiro atoms. The molecule has 166 valence electrons. The zero-order chi connectivity index (χ0) is 23.4. The number of Topliss-reactive ketones (excluding diaryl/α,β-unsaturated/α-hetero) is 1. The average molecular weight is 433 g/mol. The fourth-order valence-electron chi connectivity index (χ4n) is 3.60. The maximum Gasteiger partial charge on any atom is 0.328 e. The summed E-state index contributed by atoms with van der Waals surface area (Å²) in [7, 11) is 0. The van der Waals surface area contributed by atoms with E-state index in [1.54, 1.807) is 24.3 Å². The SMILES string of the molecule is Cc1ccc(-n2c(C)cc(C(=O)COC(=O)[C@H](C)NC(=O)c3cccc(C)c3)c2C)cc1. The lowest BCUT2D eigenvalue weighted by molar-refractivity contribution is -0.144. The predicted molar refractivity (Wildman–Crippen MR) is 123 cm³/mol. The van der Waals surface area contributed by atoms with Crippen molar-refractivity contribution in [3.63, 3.8) is 0 Å². The Morgan fingerprint density at radius 3 is 2.28 bits per heavy atom. The predicted octanol–water partition coefficient (Wildman–Crippen LogP) is 4.26. The maximum absolute atomic E-state index is 12.7. The normalized spacial score (nSPS) is 11.7. The summed E-state index contributed by atoms with van der Waals surface area (Å²) in [6.45, 7) is 8.85. The molecular formula is C26H28N2O4. The van der Waals surface area contributed by atoms with Crippen molar-refractivity contribution in [1.29, 1.82) is 0 Å². The largest absolute Gasteiger partial charge is 0.456 e. The average Bonchev–Trinajstić information content (AvgIpc) is 3.06. The van der Waals surface area contributed by atoms with Crippen LogP contribution < -0.4 is 5.32 Å². The number of hydrogen-bond acceptors (Lipinski definition) is 4. The van der Waals surface area contributed by atoms with E-state index in [0.717, 1.165) is 28.2 Å². The van der Waals surface area contributed by atoms with Crippen LogP contribution in [0.3, 0.4) is 0 Å². The first-order valence-electron chi connectivity index (χ1n) is 10.5. The molecule has 1 heterocycles. The van der Waals surface area contributed by atoms with Crippen molar-refractivity contribution in [1.82, 2.24) is 9.88 Å². The Morgan fingerprint density at radius 1 is 0.938 bits per heavy atom. The molecule has 0 radical (unpaired) electrons. The van der Waals surface area contributed by atoms with E-state index in [1.807, 2.05) is 62.6 Å². The molecule has 2 aromatic carbocycles. The second-order valence-electron chi connectivity index (χ2n) is 8.05. The van der Waals surface area contributed by atoms with Crippen LogP contribution in [0, 0.1) is 27.7 Å². The number of hydrogen-bond donors (Lipinski definition) is 1. The Kier molecular flexibility index (Phi) is 6.93. The first-order valence-corrected chi connectivity index (χ1v) is 10.5. The number of amides is 1. The number of benzene rings is 2. The highest BCUT2D eigenvalue weighted by Gasteiger charge is 2.22. The van der Waals surface area contributed by atoms with E-state index in [-0.39, 0.29) is 18.3 Å². The molecule has 6 heteroatoms. The summed E-state index contributed by atoms with van der Waals surface area (Å²) in [5.41, 5.74) is 5.74. The number of nitrogens with one attached hydrogen (secondary N) is 1. The first-order chi connectivity index (χ1) is 15.2. The van der Waals surface area contributed by atoms with Gasteiger partial charge in [-0.1, -0.05) is 35.4 Å². The zero-order valence-corrected chi connectivity index (χ0v) is 19.1. The number of carbonyl (C=O) groups is 3. The number of esters is 1. The van der Waals surface area contributed by atoms with Gasteiger partial charge in [-0.25, -0.2) is 4.79 Å². The summed E-state index contributed by atoms with van der Waals surface area (Å²) >= 11 is 0. The van der Waals surface area contributed by atoms with Crippen LogP contribution in [0.1, 0.15) is 50.2 Å². The second kappa shape index (κ2) is 9.64. The van der Waals surface area contributed by atoms with Gasteiger partial charge in [0.25, 0.3) is 5.91 Å². The van der Waals surface area contributed by atoms with Gasteiger partial charge < -0.3 is 14.6 Å². The highest BCUT2D eigenvalue weighted by Crippen LogP contribution is 2.21. The number of rotatable bonds is 7. The highest BCUT2D eigenvalue weighted by molar-refractivity contribution is 6.00. The standard InChI is InChI=1S/C26H28N2O4/c1-16-9-11-22(12-10-16)28-18(3)14-23(20(28)5)24(29)15-32-26(31)19(4)27-25(30)21-8-6-7-17(2)13-21/h6-14,19H,15H2,1-5H3,(H,27,30)/t19-/m0/s1. The van der Waals surface area contributed by atoms with Crippen molar-refractivity contribution >= 4 is 17.7 Å². The van der Waals surface area contributed by atoms with Gasteiger partial charge in [0, 0.05) is 28.2 Å². The molecule has 0 aliphatic carbocycles. The fourth-order valence-corrected chi connectivity index (χ4v) is 3.60. The van der Waals surface area contributed by atoms with Crippen LogP contribution in [0.15, 0.2) is 54.6 Å². The summed E-state index contributed by atoms with van der Waals surface area (Å²) < 4.78 is 7.19. The van der Waals surface area contributed by atoms with E-state index in [0.29, 0.717) is 11.1 Å². The minimum atomic E-state index is -0.879. The lowest BCUT2D eigenvalue weighted by atomic mass is 10.1. The third-order valence-electron chi connectivity index (χ3n) is 5.35. The minimum absolute atomic E-state index is 0.290. The van der Waals surface area contributed by atoms with Crippen molar-refractivity contribution in [2.24, 2.45) is 0 Å². The third-order valence-corrected chi connectivity index (χ3v) is 5.35. The van der Waals surface area contributed by atoms with E-state index in [4.69, 9.17) is 4.74 Å². The van der Waals surface area contributed by atoms with Crippen LogP contribution in [-0.4, -0.2) is 34.9 Å². The Hall–Kier alpha value is -3.67. The Morgan fingerprint density at radius 2 is 1.62 bits per heavy atom. The molecule has 3 aromatic rings. The molecule has 0 bridgehead atoms. The molecule has 6 nitrogen and oxygen atoms in total. The van der Waals surface area contributed by atoms with Gasteiger partial charge in [0.05, 0.1) is 0 Å². The Balaban J connectivity index is 1.63. The molecule has 0 saturated carbocycles. The van der Waals surface area contributed by atoms with Crippen molar-refractivity contribution in [3.8, 4) is 5.69 Å². The summed E-state index contributed by atoms with van der Waals surface area (Å²) in [5.74, 6) is -1.32. The van der Waals surface area contributed by atoms with Gasteiger partial charge >= 0.3 is 5.97 Å². The van der Waals surface area contributed by atoms with Gasteiger partial charge in [-0.05, 0) is 65.0 Å². The van der Waals surface area contributed by atoms with Crippen LogP contribution in [0.25, 0.3) is 5.69 Å². The minimum Gasteiger partial charge on any atom is -0.456 e. The second-order valence-corrected chi connectivity index (χ2v) is 8.05. The summed E-state index contributed by atoms with van der Waals surface area (Å²) in [6, 6.07) is 16.0. The van der Waals surface area contributed by atoms with Crippen molar-refractivity contribution < 1.29 is 19.1 Å². The molecule has 0 aliphatic heterocycles. The summed E-state index contributed by atoms with van der Waals surface area (Å²) in [6.07, 6.45) is 0. The molecule has 1 N–H and O–H groups in total. The molecule has 3 rings (SSSR count). The number of ether oxygens (including phenoxy) is 1. The summed E-state index contributed by atoms with van der Waals surface area (Å²) in [5, 5.41) is 2.61. The molecular weight excluding hydrogens is 404 g/mol. The number of aryl methyl sites for hydroxylation is 3. The van der Waals surface area contributed by atoms with Crippen LogP contribution in [0.4, 0.5) is 0 Å². The van der Waals surface area contributed by atoms with Gasteiger partial charge in [-0.3, -0.25) is 9.59 Å². The number of nitrogens with zero attached hydrogens (tertiary/aromatic N) is 1. The topological polar surface area (TPSA) is 77.4 Å². The van der Waals surface area contributed by atoms with Crippen molar-refractivity contribution in [3.05, 3.63) is 88.2 Å². The molecule has 0 aliphatic rings. The van der Waals surface area contributed by atoms with Crippen molar-refractivity contribution in [2.75, 3.05) is 6.61 Å². The fraction of sp³-hybridized carbons (Fsp3) is 0.269. The third kappa shape index (κ3) is 5.14. The smallest absolute Gasteiger partial charge is 0.328 e. The Labute approximate surface area is 188 Å². The van der Waals surface area contributed by atoms with E-state index in [2.05, 4.69) is 5.32 Å². The van der Waals surface area contributed by atoms with E-state index in [1.165, 1.54) is 6.92 Å². The lowest BCUT2D eigenvalue weighted by Crippen LogP contribution is -2.40. The monoisotopic (exact) mass is 432 g/mol. The van der Waals surface area contributed by atoms with Gasteiger partial charge in [0.15, 0.2) is 6.61 Å². The quantitative estimate of drug-likeness (QED) is 0.447. The van der Waals surface area contributed by atoms with Crippen LogP contribution >= 0.6 is 0 Å². The van der Waals surface area contributed by atoms with E-state index >= 15 is 0 Å². The molecule has 0 saturated heterocycles. The van der Waals surface area contributed by atoms with Gasteiger partial charge in [-0.15, -0.1) is 0 Å².